The molecular formula is C20H18ClNO5. The Morgan fingerprint density at radius 3 is 2.52 bits per heavy atom. The number of amides is 1. The van der Waals surface area contributed by atoms with Crippen LogP contribution in [0.15, 0.2) is 54.1 Å². The number of rotatable bonds is 5. The minimum atomic E-state index is -0.831. The summed E-state index contributed by atoms with van der Waals surface area (Å²) in [5.74, 6) is -1.81. The molecule has 2 aromatic rings. The number of benzene rings is 2. The molecule has 2 aromatic carbocycles. The highest BCUT2D eigenvalue weighted by molar-refractivity contribution is 6.46. The molecule has 0 aromatic heterocycles. The summed E-state index contributed by atoms with van der Waals surface area (Å²) < 4.78 is 5.04. The van der Waals surface area contributed by atoms with Gasteiger partial charge in [0.1, 0.15) is 11.5 Å². The van der Waals surface area contributed by atoms with Crippen molar-refractivity contribution in [3.8, 4) is 5.75 Å². The molecule has 0 spiro atoms. The first kappa shape index (κ1) is 18.9. The van der Waals surface area contributed by atoms with Crippen LogP contribution in [0.1, 0.15) is 17.2 Å². The molecule has 7 heteroatoms. The number of carbonyl (C=O) groups excluding carboxylic acids is 2. The molecule has 3 rings (SSSR count). The monoisotopic (exact) mass is 387 g/mol. The zero-order chi connectivity index (χ0) is 19.6. The van der Waals surface area contributed by atoms with Gasteiger partial charge in [-0.05, 0) is 42.0 Å². The highest BCUT2D eigenvalue weighted by Crippen LogP contribution is 2.40. The fraction of sp³-hybridized carbons (Fsp3) is 0.200. The molecule has 1 saturated heterocycles. The second-order valence-corrected chi connectivity index (χ2v) is 6.52. The maximum Gasteiger partial charge on any atom is 0.295 e. The Kier molecular flexibility index (Phi) is 5.48. The Hall–Kier alpha value is -2.83. The van der Waals surface area contributed by atoms with Crippen molar-refractivity contribution in [2.75, 3.05) is 20.3 Å². The van der Waals surface area contributed by atoms with Crippen molar-refractivity contribution >= 4 is 29.1 Å². The number of likely N-dealkylation sites (tertiary alicyclic amines) is 1. The molecule has 1 aliphatic heterocycles. The van der Waals surface area contributed by atoms with Crippen molar-refractivity contribution in [1.82, 2.24) is 4.90 Å². The van der Waals surface area contributed by atoms with Gasteiger partial charge in [-0.1, -0.05) is 23.7 Å². The molecule has 0 unspecified atom stereocenters. The van der Waals surface area contributed by atoms with Crippen LogP contribution in [0.5, 0.6) is 5.75 Å². The molecule has 140 valence electrons. The van der Waals surface area contributed by atoms with Crippen LogP contribution < -0.4 is 0 Å². The molecule has 6 nitrogen and oxygen atoms in total. The van der Waals surface area contributed by atoms with Crippen LogP contribution in [-0.2, 0) is 14.3 Å². The standard InChI is InChI=1S/C20H18ClNO5/c1-27-10-9-22-17(13-3-2-4-15(23)11-13)16(19(25)20(22)26)18(24)12-5-7-14(21)8-6-12/h2-8,11,17,23-24H,9-10H2,1H3/t17-/m0/s1. The van der Waals surface area contributed by atoms with Gasteiger partial charge in [0.25, 0.3) is 11.7 Å². The molecule has 0 saturated carbocycles. The Labute approximate surface area is 161 Å². The van der Waals surface area contributed by atoms with Gasteiger partial charge in [-0.3, -0.25) is 9.59 Å². The summed E-state index contributed by atoms with van der Waals surface area (Å²) >= 11 is 5.88. The van der Waals surface area contributed by atoms with E-state index in [4.69, 9.17) is 16.3 Å². The second kappa shape index (κ2) is 7.82. The van der Waals surface area contributed by atoms with E-state index >= 15 is 0 Å². The van der Waals surface area contributed by atoms with Gasteiger partial charge < -0.3 is 19.8 Å². The molecule has 1 amide bonds. The summed E-state index contributed by atoms with van der Waals surface area (Å²) in [6.45, 7) is 0.391. The number of ether oxygens (including phenoxy) is 1. The SMILES string of the molecule is COCCN1C(=O)C(=O)C(=C(O)c2ccc(Cl)cc2)[C@@H]1c1cccc(O)c1. The number of aliphatic hydroxyl groups excluding tert-OH is 1. The predicted molar refractivity (Wildman–Crippen MR) is 100 cm³/mol. The molecule has 0 aliphatic carbocycles. The third-order valence-electron chi connectivity index (χ3n) is 4.38. The fourth-order valence-corrected chi connectivity index (χ4v) is 3.23. The number of Topliss-reactive ketones (excluding diaryl/α,β-unsaturated/α-hetero) is 1. The van der Waals surface area contributed by atoms with Crippen LogP contribution in [0, 0.1) is 0 Å². The van der Waals surface area contributed by atoms with E-state index < -0.39 is 17.7 Å². The lowest BCUT2D eigenvalue weighted by molar-refractivity contribution is -0.140. The molecule has 27 heavy (non-hydrogen) atoms. The number of halogens is 1. The quantitative estimate of drug-likeness (QED) is 0.467. The van der Waals surface area contributed by atoms with Gasteiger partial charge >= 0.3 is 0 Å². The smallest absolute Gasteiger partial charge is 0.295 e. The second-order valence-electron chi connectivity index (χ2n) is 6.09. The number of aromatic hydroxyl groups is 1. The molecule has 1 aliphatic rings. The van der Waals surface area contributed by atoms with E-state index in [1.165, 1.54) is 24.1 Å². The van der Waals surface area contributed by atoms with Gasteiger partial charge in [-0.15, -0.1) is 0 Å². The molecule has 0 radical (unpaired) electrons. The van der Waals surface area contributed by atoms with Gasteiger partial charge in [-0.25, -0.2) is 0 Å². The number of methoxy groups -OCH3 is 1. The maximum absolute atomic E-state index is 12.7. The molecule has 1 heterocycles. The van der Waals surface area contributed by atoms with Crippen molar-refractivity contribution in [2.45, 2.75) is 6.04 Å². The van der Waals surface area contributed by atoms with Gasteiger partial charge in [0, 0.05) is 24.2 Å². The summed E-state index contributed by atoms with van der Waals surface area (Å²) in [6.07, 6.45) is 0. The van der Waals surface area contributed by atoms with E-state index in [2.05, 4.69) is 0 Å². The Balaban J connectivity index is 2.16. The first-order valence-electron chi connectivity index (χ1n) is 8.26. The number of hydrogen-bond acceptors (Lipinski definition) is 5. The molecule has 0 bridgehead atoms. The molecule has 2 N–H and O–H groups in total. The Bertz CT molecular complexity index is 907. The topological polar surface area (TPSA) is 87.1 Å². The average Bonchev–Trinajstić information content (AvgIpc) is 2.91. The van der Waals surface area contributed by atoms with E-state index in [0.29, 0.717) is 16.1 Å². The summed E-state index contributed by atoms with van der Waals surface area (Å²) in [5.41, 5.74) is 0.846. The van der Waals surface area contributed by atoms with Gasteiger partial charge in [0.15, 0.2) is 0 Å². The lowest BCUT2D eigenvalue weighted by atomic mass is 9.95. The lowest BCUT2D eigenvalue weighted by Crippen LogP contribution is -2.32. The number of aliphatic hydroxyl groups is 1. The van der Waals surface area contributed by atoms with E-state index in [9.17, 15) is 19.8 Å². The van der Waals surface area contributed by atoms with Crippen LogP contribution >= 0.6 is 11.6 Å². The van der Waals surface area contributed by atoms with Gasteiger partial charge in [0.05, 0.1) is 18.2 Å². The minimum absolute atomic E-state index is 0.00341. The highest BCUT2D eigenvalue weighted by Gasteiger charge is 2.45. The number of carbonyl (C=O) groups is 2. The maximum atomic E-state index is 12.7. The van der Waals surface area contributed by atoms with Crippen LogP contribution in [-0.4, -0.2) is 47.1 Å². The van der Waals surface area contributed by atoms with Crippen molar-refractivity contribution in [1.29, 1.82) is 0 Å². The zero-order valence-electron chi connectivity index (χ0n) is 14.6. The molecule has 1 atom stereocenters. The van der Waals surface area contributed by atoms with Crippen molar-refractivity contribution < 1.29 is 24.5 Å². The largest absolute Gasteiger partial charge is 0.508 e. The zero-order valence-corrected chi connectivity index (χ0v) is 15.3. The number of phenols is 1. The van der Waals surface area contributed by atoms with Crippen molar-refractivity contribution in [3.05, 3.63) is 70.3 Å². The number of phenolic OH excluding ortho intramolecular Hbond substituents is 1. The summed E-state index contributed by atoms with van der Waals surface area (Å²) in [7, 11) is 1.49. The van der Waals surface area contributed by atoms with Crippen LogP contribution in [0.4, 0.5) is 0 Å². The Morgan fingerprint density at radius 1 is 1.19 bits per heavy atom. The first-order chi connectivity index (χ1) is 12.9. The van der Waals surface area contributed by atoms with E-state index in [-0.39, 0.29) is 30.2 Å². The normalized spacial score (nSPS) is 18.9. The van der Waals surface area contributed by atoms with Crippen molar-refractivity contribution in [2.24, 2.45) is 0 Å². The van der Waals surface area contributed by atoms with E-state index in [0.717, 1.165) is 0 Å². The summed E-state index contributed by atoms with van der Waals surface area (Å²) in [4.78, 5) is 26.6. The molecular weight excluding hydrogens is 370 g/mol. The summed E-state index contributed by atoms with van der Waals surface area (Å²) in [5, 5.41) is 21.1. The van der Waals surface area contributed by atoms with Crippen LogP contribution in [0.3, 0.4) is 0 Å². The Morgan fingerprint density at radius 2 is 1.89 bits per heavy atom. The molecule has 1 fully saturated rings. The predicted octanol–water partition coefficient (Wildman–Crippen LogP) is 3.11. The number of hydrogen-bond donors (Lipinski definition) is 2. The number of nitrogens with zero attached hydrogens (tertiary/aromatic N) is 1. The van der Waals surface area contributed by atoms with Crippen LogP contribution in [0.2, 0.25) is 5.02 Å². The van der Waals surface area contributed by atoms with Crippen LogP contribution in [0.25, 0.3) is 5.76 Å². The van der Waals surface area contributed by atoms with Gasteiger partial charge in [0.2, 0.25) is 0 Å². The third-order valence-corrected chi connectivity index (χ3v) is 4.63. The van der Waals surface area contributed by atoms with E-state index in [1.807, 2.05) is 0 Å². The highest BCUT2D eigenvalue weighted by atomic mass is 35.5. The number of ketones is 1. The van der Waals surface area contributed by atoms with Crippen molar-refractivity contribution in [3.63, 3.8) is 0 Å². The van der Waals surface area contributed by atoms with Gasteiger partial charge in [-0.2, -0.15) is 0 Å². The first-order valence-corrected chi connectivity index (χ1v) is 8.64. The lowest BCUT2D eigenvalue weighted by Gasteiger charge is -2.25. The third kappa shape index (κ3) is 3.67. The minimum Gasteiger partial charge on any atom is -0.508 e. The fourth-order valence-electron chi connectivity index (χ4n) is 3.10. The average molecular weight is 388 g/mol. The van der Waals surface area contributed by atoms with E-state index in [1.54, 1.807) is 36.4 Å². The summed E-state index contributed by atoms with van der Waals surface area (Å²) in [6, 6.07) is 11.7.